The second-order valence-corrected chi connectivity index (χ2v) is 7.33. The van der Waals surface area contributed by atoms with Crippen LogP contribution in [0.2, 0.25) is 0 Å². The van der Waals surface area contributed by atoms with Crippen molar-refractivity contribution in [3.63, 3.8) is 0 Å². The van der Waals surface area contributed by atoms with Crippen LogP contribution in [0, 0.1) is 5.41 Å². The Hall–Kier alpha value is -0.610. The lowest BCUT2D eigenvalue weighted by atomic mass is 9.86. The van der Waals surface area contributed by atoms with Crippen LogP contribution in [0.1, 0.15) is 41.5 Å². The second-order valence-electron chi connectivity index (χ2n) is 7.33. The van der Waals surface area contributed by atoms with Crippen LogP contribution in [-0.4, -0.2) is 53.5 Å². The number of nitrogens with two attached hydrogens (primary N) is 1. The van der Waals surface area contributed by atoms with Crippen LogP contribution in [0.15, 0.2) is 0 Å². The van der Waals surface area contributed by atoms with Crippen LogP contribution < -0.4 is 5.73 Å². The zero-order chi connectivity index (χ0) is 14.1. The van der Waals surface area contributed by atoms with Gasteiger partial charge in [0.2, 0.25) is 5.91 Å². The summed E-state index contributed by atoms with van der Waals surface area (Å²) in [7, 11) is 0. The van der Waals surface area contributed by atoms with Crippen LogP contribution in [0.4, 0.5) is 0 Å². The molecule has 1 rings (SSSR count). The van der Waals surface area contributed by atoms with Crippen molar-refractivity contribution in [2.24, 2.45) is 11.1 Å². The van der Waals surface area contributed by atoms with E-state index in [1.165, 1.54) is 0 Å². The number of hydrogen-bond donors (Lipinski definition) is 1. The summed E-state index contributed by atoms with van der Waals surface area (Å²) in [6.07, 6.45) is 0. The molecule has 4 nitrogen and oxygen atoms in total. The Morgan fingerprint density at radius 2 is 1.44 bits per heavy atom. The van der Waals surface area contributed by atoms with E-state index in [2.05, 4.69) is 25.7 Å². The fraction of sp³-hybridized carbons (Fsp3) is 0.929. The molecule has 0 spiro atoms. The molecule has 1 aliphatic rings. The molecule has 18 heavy (non-hydrogen) atoms. The van der Waals surface area contributed by atoms with Crippen molar-refractivity contribution in [3.05, 3.63) is 0 Å². The quantitative estimate of drug-likeness (QED) is 0.768. The van der Waals surface area contributed by atoms with Crippen molar-refractivity contribution in [2.45, 2.75) is 53.1 Å². The van der Waals surface area contributed by atoms with Gasteiger partial charge in [0.1, 0.15) is 0 Å². The molecule has 0 bridgehead atoms. The summed E-state index contributed by atoms with van der Waals surface area (Å²) in [5.41, 5.74) is 6.05. The summed E-state index contributed by atoms with van der Waals surface area (Å²) in [5.74, 6) is 0.0936. The second kappa shape index (κ2) is 5.17. The van der Waals surface area contributed by atoms with E-state index in [-0.39, 0.29) is 16.9 Å². The number of nitrogens with zero attached hydrogens (tertiary/aromatic N) is 2. The van der Waals surface area contributed by atoms with E-state index >= 15 is 0 Å². The third-order valence-electron chi connectivity index (χ3n) is 3.74. The first kappa shape index (κ1) is 15.4. The molecular weight excluding hydrogens is 226 g/mol. The molecule has 4 heteroatoms. The average molecular weight is 255 g/mol. The normalized spacial score (nSPS) is 20.9. The molecule has 0 aromatic rings. The Labute approximate surface area is 111 Å². The highest BCUT2D eigenvalue weighted by Crippen LogP contribution is 2.21. The van der Waals surface area contributed by atoms with Crippen molar-refractivity contribution in [1.82, 2.24) is 9.80 Å². The Morgan fingerprint density at radius 3 is 1.78 bits per heavy atom. The van der Waals surface area contributed by atoms with Gasteiger partial charge in [-0.25, -0.2) is 0 Å². The minimum Gasteiger partial charge on any atom is -0.339 e. The van der Waals surface area contributed by atoms with Crippen molar-refractivity contribution in [1.29, 1.82) is 0 Å². The summed E-state index contributed by atoms with van der Waals surface area (Å²) in [6, 6.07) is -0.404. The van der Waals surface area contributed by atoms with Gasteiger partial charge < -0.3 is 10.6 Å². The molecule has 0 aliphatic carbocycles. The molecule has 1 heterocycles. The van der Waals surface area contributed by atoms with Gasteiger partial charge in [-0.15, -0.1) is 0 Å². The Kier molecular flexibility index (Phi) is 4.44. The summed E-state index contributed by atoms with van der Waals surface area (Å²) in [4.78, 5) is 16.6. The average Bonchev–Trinajstić information content (AvgIpc) is 2.25. The fourth-order valence-corrected chi connectivity index (χ4v) is 2.16. The minimum absolute atomic E-state index is 0.0936. The van der Waals surface area contributed by atoms with E-state index in [1.54, 1.807) is 0 Å². The van der Waals surface area contributed by atoms with Gasteiger partial charge in [-0.3, -0.25) is 9.69 Å². The molecule has 1 aliphatic heterocycles. The van der Waals surface area contributed by atoms with E-state index in [0.29, 0.717) is 0 Å². The maximum Gasteiger partial charge on any atom is 0.240 e. The van der Waals surface area contributed by atoms with Crippen LogP contribution in [0.3, 0.4) is 0 Å². The smallest absolute Gasteiger partial charge is 0.240 e. The summed E-state index contributed by atoms with van der Waals surface area (Å²) in [6.45, 7) is 16.1. The SMILES string of the molecule is CC(C)(C)[C@H](N)C(=O)N1CCN(C(C)(C)C)CC1. The number of hydrogen-bond acceptors (Lipinski definition) is 3. The van der Waals surface area contributed by atoms with Crippen molar-refractivity contribution < 1.29 is 4.79 Å². The summed E-state index contributed by atoms with van der Waals surface area (Å²) >= 11 is 0. The first-order valence-corrected chi connectivity index (χ1v) is 6.83. The molecule has 0 unspecified atom stereocenters. The molecule has 1 fully saturated rings. The summed E-state index contributed by atoms with van der Waals surface area (Å²) < 4.78 is 0. The summed E-state index contributed by atoms with van der Waals surface area (Å²) in [5, 5.41) is 0. The molecule has 0 saturated carbocycles. The van der Waals surface area contributed by atoms with E-state index in [9.17, 15) is 4.79 Å². The van der Waals surface area contributed by atoms with Gasteiger partial charge in [0, 0.05) is 31.7 Å². The highest BCUT2D eigenvalue weighted by molar-refractivity contribution is 5.82. The lowest BCUT2D eigenvalue weighted by Crippen LogP contribution is -2.58. The van der Waals surface area contributed by atoms with Crippen LogP contribution in [0.25, 0.3) is 0 Å². The molecular formula is C14H29N3O. The van der Waals surface area contributed by atoms with Gasteiger partial charge in [-0.05, 0) is 26.2 Å². The maximum atomic E-state index is 12.3. The van der Waals surface area contributed by atoms with Crippen molar-refractivity contribution >= 4 is 5.91 Å². The molecule has 106 valence electrons. The van der Waals surface area contributed by atoms with Gasteiger partial charge in [-0.1, -0.05) is 20.8 Å². The lowest BCUT2D eigenvalue weighted by molar-refractivity contribution is -0.137. The van der Waals surface area contributed by atoms with E-state index in [0.717, 1.165) is 26.2 Å². The minimum atomic E-state index is -0.404. The third kappa shape index (κ3) is 3.69. The van der Waals surface area contributed by atoms with Gasteiger partial charge in [0.05, 0.1) is 6.04 Å². The zero-order valence-electron chi connectivity index (χ0n) is 12.8. The van der Waals surface area contributed by atoms with Crippen molar-refractivity contribution in [2.75, 3.05) is 26.2 Å². The molecule has 0 radical (unpaired) electrons. The maximum absolute atomic E-state index is 12.3. The molecule has 1 saturated heterocycles. The van der Waals surface area contributed by atoms with Gasteiger partial charge >= 0.3 is 0 Å². The van der Waals surface area contributed by atoms with Crippen molar-refractivity contribution in [3.8, 4) is 0 Å². The van der Waals surface area contributed by atoms with Gasteiger partial charge in [0.15, 0.2) is 0 Å². The monoisotopic (exact) mass is 255 g/mol. The lowest BCUT2D eigenvalue weighted by Gasteiger charge is -2.43. The number of rotatable bonds is 1. The highest BCUT2D eigenvalue weighted by atomic mass is 16.2. The first-order valence-electron chi connectivity index (χ1n) is 6.83. The zero-order valence-corrected chi connectivity index (χ0v) is 12.8. The third-order valence-corrected chi connectivity index (χ3v) is 3.74. The van der Waals surface area contributed by atoms with E-state index in [4.69, 9.17) is 5.73 Å². The first-order chi connectivity index (χ1) is 8.03. The highest BCUT2D eigenvalue weighted by Gasteiger charge is 2.34. The van der Waals surface area contributed by atoms with E-state index < -0.39 is 6.04 Å². The van der Waals surface area contributed by atoms with Gasteiger partial charge in [0.25, 0.3) is 0 Å². The number of carbonyl (C=O) groups excluding carboxylic acids is 1. The van der Waals surface area contributed by atoms with E-state index in [1.807, 2.05) is 25.7 Å². The van der Waals surface area contributed by atoms with Crippen LogP contribution in [0.5, 0.6) is 0 Å². The molecule has 0 aromatic carbocycles. The Bertz CT molecular complexity index is 293. The topological polar surface area (TPSA) is 49.6 Å². The molecule has 1 amide bonds. The Morgan fingerprint density at radius 1 is 1.00 bits per heavy atom. The number of amides is 1. The fourth-order valence-electron chi connectivity index (χ4n) is 2.16. The van der Waals surface area contributed by atoms with Crippen LogP contribution in [-0.2, 0) is 4.79 Å². The largest absolute Gasteiger partial charge is 0.339 e. The Balaban J connectivity index is 2.56. The predicted octanol–water partition coefficient (Wildman–Crippen LogP) is 1.30. The standard InChI is InChI=1S/C14H29N3O/c1-13(2,3)11(15)12(18)16-7-9-17(10-8-16)14(4,5)6/h11H,7-10,15H2,1-6H3/t11-/m1/s1. The predicted molar refractivity (Wildman–Crippen MR) is 75.3 cm³/mol. The number of piperazine rings is 1. The van der Waals surface area contributed by atoms with Crippen LogP contribution >= 0.6 is 0 Å². The number of carbonyl (C=O) groups is 1. The molecule has 0 aromatic heterocycles. The molecule has 2 N–H and O–H groups in total. The molecule has 1 atom stereocenters. The van der Waals surface area contributed by atoms with Gasteiger partial charge in [-0.2, -0.15) is 0 Å².